The van der Waals surface area contributed by atoms with Crippen molar-refractivity contribution in [3.8, 4) is 0 Å². The first kappa shape index (κ1) is 9.69. The predicted molar refractivity (Wildman–Crippen MR) is 46.7 cm³/mol. The number of rotatable bonds is 2. The molecule has 0 heterocycles. The van der Waals surface area contributed by atoms with E-state index in [9.17, 15) is 8.78 Å². The SMILES string of the molecule is C/C(CF)=C(\C)C1(F)CCCC1. The van der Waals surface area contributed by atoms with Crippen LogP contribution in [0.3, 0.4) is 0 Å². The zero-order valence-electron chi connectivity index (χ0n) is 7.79. The molecule has 1 fully saturated rings. The molecule has 0 unspecified atom stereocenters. The maximum absolute atomic E-state index is 13.9. The number of allylic oxidation sites excluding steroid dienone is 2. The first-order valence-electron chi connectivity index (χ1n) is 4.52. The van der Waals surface area contributed by atoms with E-state index in [0.29, 0.717) is 24.0 Å². The van der Waals surface area contributed by atoms with Crippen molar-refractivity contribution in [3.05, 3.63) is 11.1 Å². The van der Waals surface area contributed by atoms with Crippen molar-refractivity contribution in [2.75, 3.05) is 6.67 Å². The second-order valence-electron chi connectivity index (χ2n) is 3.71. The van der Waals surface area contributed by atoms with E-state index in [1.807, 2.05) is 0 Å². The quantitative estimate of drug-likeness (QED) is 0.561. The minimum absolute atomic E-state index is 0.516. The molecule has 0 aliphatic heterocycles. The minimum Gasteiger partial charge on any atom is -0.246 e. The van der Waals surface area contributed by atoms with E-state index >= 15 is 0 Å². The summed E-state index contributed by atoms with van der Waals surface area (Å²) in [4.78, 5) is 0. The number of alkyl halides is 2. The molecule has 0 aromatic rings. The molecular weight excluding hydrogens is 158 g/mol. The Bertz CT molecular complexity index is 188. The number of hydrogen-bond acceptors (Lipinski definition) is 0. The van der Waals surface area contributed by atoms with Gasteiger partial charge in [0.25, 0.3) is 0 Å². The molecule has 0 aromatic carbocycles. The maximum atomic E-state index is 13.9. The van der Waals surface area contributed by atoms with Crippen LogP contribution in [0, 0.1) is 0 Å². The molecular formula is C10H16F2. The van der Waals surface area contributed by atoms with Gasteiger partial charge in [-0.25, -0.2) is 8.78 Å². The van der Waals surface area contributed by atoms with Crippen LogP contribution in [0.4, 0.5) is 8.78 Å². The Hall–Kier alpha value is -0.400. The second-order valence-corrected chi connectivity index (χ2v) is 3.71. The molecule has 0 amide bonds. The van der Waals surface area contributed by atoms with E-state index in [2.05, 4.69) is 0 Å². The summed E-state index contributed by atoms with van der Waals surface area (Å²) in [7, 11) is 0. The average Bonchev–Trinajstić information content (AvgIpc) is 2.50. The molecule has 2 heteroatoms. The van der Waals surface area contributed by atoms with Crippen LogP contribution in [0.25, 0.3) is 0 Å². The van der Waals surface area contributed by atoms with Gasteiger partial charge in [0.05, 0.1) is 0 Å². The lowest BCUT2D eigenvalue weighted by atomic mass is 9.92. The highest BCUT2D eigenvalue weighted by molar-refractivity contribution is 5.22. The number of halogens is 2. The highest BCUT2D eigenvalue weighted by Crippen LogP contribution is 2.40. The second kappa shape index (κ2) is 3.55. The third-order valence-electron chi connectivity index (χ3n) is 2.91. The third-order valence-corrected chi connectivity index (χ3v) is 2.91. The molecule has 1 aliphatic rings. The van der Waals surface area contributed by atoms with Crippen LogP contribution in [-0.4, -0.2) is 12.3 Å². The molecule has 1 rings (SSSR count). The van der Waals surface area contributed by atoms with E-state index in [0.717, 1.165) is 12.8 Å². The fraction of sp³-hybridized carbons (Fsp3) is 0.800. The van der Waals surface area contributed by atoms with Gasteiger partial charge < -0.3 is 0 Å². The van der Waals surface area contributed by atoms with Gasteiger partial charge in [-0.1, -0.05) is 0 Å². The van der Waals surface area contributed by atoms with Gasteiger partial charge in [-0.15, -0.1) is 0 Å². The van der Waals surface area contributed by atoms with Crippen molar-refractivity contribution >= 4 is 0 Å². The molecule has 0 spiro atoms. The van der Waals surface area contributed by atoms with Crippen LogP contribution in [0.1, 0.15) is 39.5 Å². The molecule has 1 aliphatic carbocycles. The van der Waals surface area contributed by atoms with Crippen LogP contribution in [-0.2, 0) is 0 Å². The summed E-state index contributed by atoms with van der Waals surface area (Å²) < 4.78 is 26.2. The lowest BCUT2D eigenvalue weighted by molar-refractivity contribution is 0.219. The molecule has 0 aromatic heterocycles. The van der Waals surface area contributed by atoms with Gasteiger partial charge in [-0.3, -0.25) is 0 Å². The first-order valence-corrected chi connectivity index (χ1v) is 4.52. The standard InChI is InChI=1S/C10H16F2/c1-8(7-11)9(2)10(12)5-3-4-6-10/h3-7H2,1-2H3/b9-8-. The van der Waals surface area contributed by atoms with Gasteiger partial charge in [0, 0.05) is 0 Å². The molecule has 1 saturated carbocycles. The van der Waals surface area contributed by atoms with E-state index in [1.165, 1.54) is 0 Å². The van der Waals surface area contributed by atoms with Crippen molar-refractivity contribution in [2.45, 2.75) is 45.2 Å². The molecule has 0 N–H and O–H groups in total. The van der Waals surface area contributed by atoms with Crippen molar-refractivity contribution in [2.24, 2.45) is 0 Å². The van der Waals surface area contributed by atoms with Crippen LogP contribution < -0.4 is 0 Å². The van der Waals surface area contributed by atoms with Crippen LogP contribution in [0.5, 0.6) is 0 Å². The van der Waals surface area contributed by atoms with Crippen LogP contribution >= 0.6 is 0 Å². The largest absolute Gasteiger partial charge is 0.246 e. The Kier molecular flexibility index (Phi) is 2.86. The molecule has 0 bridgehead atoms. The zero-order chi connectivity index (χ0) is 9.19. The van der Waals surface area contributed by atoms with Gasteiger partial charge in [-0.2, -0.15) is 0 Å². The molecule has 0 radical (unpaired) electrons. The Morgan fingerprint density at radius 1 is 1.25 bits per heavy atom. The first-order chi connectivity index (χ1) is 5.60. The van der Waals surface area contributed by atoms with Crippen molar-refractivity contribution in [1.82, 2.24) is 0 Å². The average molecular weight is 174 g/mol. The van der Waals surface area contributed by atoms with Crippen molar-refractivity contribution in [3.63, 3.8) is 0 Å². The van der Waals surface area contributed by atoms with E-state index in [4.69, 9.17) is 0 Å². The summed E-state index contributed by atoms with van der Waals surface area (Å²) in [6, 6.07) is 0. The van der Waals surface area contributed by atoms with E-state index in [1.54, 1.807) is 13.8 Å². The van der Waals surface area contributed by atoms with Crippen molar-refractivity contribution in [1.29, 1.82) is 0 Å². The fourth-order valence-electron chi connectivity index (χ4n) is 1.79. The topological polar surface area (TPSA) is 0 Å². The summed E-state index contributed by atoms with van der Waals surface area (Å²) in [6.07, 6.45) is 3.03. The highest BCUT2D eigenvalue weighted by atomic mass is 19.1. The van der Waals surface area contributed by atoms with Gasteiger partial charge in [0.15, 0.2) is 0 Å². The van der Waals surface area contributed by atoms with E-state index in [-0.39, 0.29) is 0 Å². The summed E-state index contributed by atoms with van der Waals surface area (Å²) in [6.45, 7) is 2.88. The van der Waals surface area contributed by atoms with E-state index < -0.39 is 12.3 Å². The Labute approximate surface area is 72.7 Å². The Morgan fingerprint density at radius 3 is 2.17 bits per heavy atom. The van der Waals surface area contributed by atoms with Gasteiger partial charge in [0.2, 0.25) is 0 Å². The maximum Gasteiger partial charge on any atom is 0.132 e. The summed E-state index contributed by atoms with van der Waals surface area (Å²) in [5, 5.41) is 0. The lowest BCUT2D eigenvalue weighted by Gasteiger charge is -2.21. The third kappa shape index (κ3) is 1.67. The molecule has 70 valence electrons. The lowest BCUT2D eigenvalue weighted by Crippen LogP contribution is -2.20. The normalized spacial score (nSPS) is 24.0. The van der Waals surface area contributed by atoms with Crippen LogP contribution in [0.2, 0.25) is 0 Å². The molecule has 12 heavy (non-hydrogen) atoms. The van der Waals surface area contributed by atoms with Gasteiger partial charge >= 0.3 is 0 Å². The summed E-state index contributed by atoms with van der Waals surface area (Å²) >= 11 is 0. The Morgan fingerprint density at radius 2 is 1.75 bits per heavy atom. The van der Waals surface area contributed by atoms with Crippen molar-refractivity contribution < 1.29 is 8.78 Å². The predicted octanol–water partition coefficient (Wildman–Crippen LogP) is 3.57. The Balaban J connectivity index is 2.80. The molecule has 0 saturated heterocycles. The molecule has 0 nitrogen and oxygen atoms in total. The minimum atomic E-state index is -1.18. The highest BCUT2D eigenvalue weighted by Gasteiger charge is 2.35. The van der Waals surface area contributed by atoms with Gasteiger partial charge in [-0.05, 0) is 50.7 Å². The fourth-order valence-corrected chi connectivity index (χ4v) is 1.79. The van der Waals surface area contributed by atoms with Gasteiger partial charge in [0.1, 0.15) is 12.3 Å². The smallest absolute Gasteiger partial charge is 0.132 e. The zero-order valence-corrected chi connectivity index (χ0v) is 7.79. The number of hydrogen-bond donors (Lipinski definition) is 0. The van der Waals surface area contributed by atoms with Crippen LogP contribution in [0.15, 0.2) is 11.1 Å². The monoisotopic (exact) mass is 174 g/mol. The summed E-state index contributed by atoms with van der Waals surface area (Å²) in [5.41, 5.74) is 0.0119. The molecule has 0 atom stereocenters. The summed E-state index contributed by atoms with van der Waals surface area (Å²) in [5.74, 6) is 0.